The van der Waals surface area contributed by atoms with Crippen LogP contribution in [0.15, 0.2) is 28.7 Å². The summed E-state index contributed by atoms with van der Waals surface area (Å²) in [6, 6.07) is 9.01. The smallest absolute Gasteiger partial charge is 0.319 e. The number of benzene rings is 1. The van der Waals surface area contributed by atoms with Gasteiger partial charge in [0.1, 0.15) is 0 Å². The standard InChI is InChI=1S/C15H22BrN3O/c1-18(2)15(20)19-9-7-14(8-10-19)17-11-12-3-5-13(16)6-4-12/h3-6,14,17H,7-11H2,1-2H3. The molecule has 2 amide bonds. The topological polar surface area (TPSA) is 35.6 Å². The molecule has 0 atom stereocenters. The highest BCUT2D eigenvalue weighted by molar-refractivity contribution is 9.10. The first-order valence-electron chi connectivity index (χ1n) is 7.00. The third-order valence-corrected chi connectivity index (χ3v) is 4.18. The van der Waals surface area contributed by atoms with Crippen molar-refractivity contribution >= 4 is 22.0 Å². The van der Waals surface area contributed by atoms with Gasteiger partial charge in [0.2, 0.25) is 0 Å². The molecule has 0 aromatic heterocycles. The lowest BCUT2D eigenvalue weighted by molar-refractivity contribution is 0.152. The van der Waals surface area contributed by atoms with E-state index in [0.29, 0.717) is 6.04 Å². The average Bonchev–Trinajstić information content (AvgIpc) is 2.46. The summed E-state index contributed by atoms with van der Waals surface area (Å²) in [6.45, 7) is 2.57. The Bertz CT molecular complexity index is 439. The monoisotopic (exact) mass is 339 g/mol. The number of halogens is 1. The number of nitrogens with zero attached hydrogens (tertiary/aromatic N) is 2. The van der Waals surface area contributed by atoms with Crippen LogP contribution in [-0.2, 0) is 6.54 Å². The Kier molecular flexibility index (Phi) is 5.43. The molecule has 1 heterocycles. The fourth-order valence-electron chi connectivity index (χ4n) is 2.42. The van der Waals surface area contributed by atoms with Crippen molar-refractivity contribution in [2.75, 3.05) is 27.2 Å². The van der Waals surface area contributed by atoms with Crippen LogP contribution in [0.3, 0.4) is 0 Å². The van der Waals surface area contributed by atoms with E-state index in [1.165, 1.54) is 5.56 Å². The quantitative estimate of drug-likeness (QED) is 0.918. The number of amides is 2. The van der Waals surface area contributed by atoms with Gasteiger partial charge in [-0.3, -0.25) is 0 Å². The second kappa shape index (κ2) is 7.09. The zero-order valence-electron chi connectivity index (χ0n) is 12.1. The Morgan fingerprint density at radius 2 is 1.90 bits per heavy atom. The average molecular weight is 340 g/mol. The molecule has 1 aliphatic rings. The second-order valence-corrected chi connectivity index (χ2v) is 6.36. The summed E-state index contributed by atoms with van der Waals surface area (Å²) in [7, 11) is 3.61. The minimum absolute atomic E-state index is 0.122. The second-order valence-electron chi connectivity index (χ2n) is 5.45. The van der Waals surface area contributed by atoms with E-state index in [0.717, 1.165) is 36.9 Å². The van der Waals surface area contributed by atoms with Gasteiger partial charge < -0.3 is 15.1 Å². The lowest BCUT2D eigenvalue weighted by Gasteiger charge is -2.34. The van der Waals surface area contributed by atoms with Gasteiger partial charge in [-0.15, -0.1) is 0 Å². The molecule has 1 saturated heterocycles. The van der Waals surface area contributed by atoms with Crippen molar-refractivity contribution in [3.63, 3.8) is 0 Å². The molecule has 1 fully saturated rings. The number of nitrogens with one attached hydrogen (secondary N) is 1. The van der Waals surface area contributed by atoms with Crippen molar-refractivity contribution in [2.45, 2.75) is 25.4 Å². The van der Waals surface area contributed by atoms with Crippen LogP contribution in [0, 0.1) is 0 Å². The minimum atomic E-state index is 0.122. The van der Waals surface area contributed by atoms with Crippen LogP contribution < -0.4 is 5.32 Å². The molecule has 0 aliphatic carbocycles. The van der Waals surface area contributed by atoms with E-state index in [4.69, 9.17) is 0 Å². The van der Waals surface area contributed by atoms with Crippen molar-refractivity contribution < 1.29 is 4.79 Å². The molecule has 2 rings (SSSR count). The number of piperidine rings is 1. The lowest BCUT2D eigenvalue weighted by atomic mass is 10.0. The molecule has 0 saturated carbocycles. The summed E-state index contributed by atoms with van der Waals surface area (Å²) < 4.78 is 1.11. The largest absolute Gasteiger partial charge is 0.331 e. The summed E-state index contributed by atoms with van der Waals surface area (Å²) >= 11 is 3.44. The molecule has 0 radical (unpaired) electrons. The molecular weight excluding hydrogens is 318 g/mol. The van der Waals surface area contributed by atoms with Gasteiger partial charge >= 0.3 is 6.03 Å². The van der Waals surface area contributed by atoms with Gasteiger partial charge in [0.05, 0.1) is 0 Å². The molecule has 0 bridgehead atoms. The minimum Gasteiger partial charge on any atom is -0.331 e. The first kappa shape index (κ1) is 15.3. The van der Waals surface area contributed by atoms with Crippen molar-refractivity contribution in [1.82, 2.24) is 15.1 Å². The number of likely N-dealkylation sites (tertiary alicyclic amines) is 1. The maximum absolute atomic E-state index is 11.8. The fraction of sp³-hybridized carbons (Fsp3) is 0.533. The first-order chi connectivity index (χ1) is 9.56. The first-order valence-corrected chi connectivity index (χ1v) is 7.79. The Labute approximate surface area is 129 Å². The van der Waals surface area contributed by atoms with E-state index in [1.807, 2.05) is 4.90 Å². The van der Waals surface area contributed by atoms with E-state index in [9.17, 15) is 4.79 Å². The molecule has 1 aromatic carbocycles. The molecule has 4 nitrogen and oxygen atoms in total. The lowest BCUT2D eigenvalue weighted by Crippen LogP contribution is -2.47. The number of hydrogen-bond acceptors (Lipinski definition) is 2. The molecule has 0 spiro atoms. The Morgan fingerprint density at radius 3 is 2.45 bits per heavy atom. The van der Waals surface area contributed by atoms with E-state index in [-0.39, 0.29) is 6.03 Å². The van der Waals surface area contributed by atoms with Crippen molar-refractivity contribution in [2.24, 2.45) is 0 Å². The Morgan fingerprint density at radius 1 is 1.30 bits per heavy atom. The van der Waals surface area contributed by atoms with Crippen LogP contribution in [0.5, 0.6) is 0 Å². The highest BCUT2D eigenvalue weighted by atomic mass is 79.9. The van der Waals surface area contributed by atoms with Crippen LogP contribution in [0.1, 0.15) is 18.4 Å². The van der Waals surface area contributed by atoms with E-state index in [2.05, 4.69) is 45.5 Å². The molecule has 1 N–H and O–H groups in total. The number of carbonyl (C=O) groups excluding carboxylic acids is 1. The van der Waals surface area contributed by atoms with Gasteiger partial charge in [-0.05, 0) is 30.5 Å². The van der Waals surface area contributed by atoms with E-state index >= 15 is 0 Å². The van der Waals surface area contributed by atoms with Gasteiger partial charge in [0.15, 0.2) is 0 Å². The summed E-state index contributed by atoms with van der Waals surface area (Å²) in [5.41, 5.74) is 1.29. The highest BCUT2D eigenvalue weighted by Crippen LogP contribution is 2.14. The maximum Gasteiger partial charge on any atom is 0.319 e. The third-order valence-electron chi connectivity index (χ3n) is 3.66. The SMILES string of the molecule is CN(C)C(=O)N1CCC(NCc2ccc(Br)cc2)CC1. The van der Waals surface area contributed by atoms with E-state index < -0.39 is 0 Å². The fourth-order valence-corrected chi connectivity index (χ4v) is 2.69. The zero-order valence-corrected chi connectivity index (χ0v) is 13.7. The number of rotatable bonds is 3. The molecule has 20 heavy (non-hydrogen) atoms. The molecular formula is C15H22BrN3O. The van der Waals surface area contributed by atoms with Gasteiger partial charge in [0.25, 0.3) is 0 Å². The van der Waals surface area contributed by atoms with Gasteiger partial charge in [-0.2, -0.15) is 0 Å². The summed E-state index contributed by atoms with van der Waals surface area (Å²) in [6.07, 6.45) is 2.05. The molecule has 5 heteroatoms. The summed E-state index contributed by atoms with van der Waals surface area (Å²) in [4.78, 5) is 15.4. The van der Waals surface area contributed by atoms with Gasteiger partial charge in [-0.25, -0.2) is 4.79 Å². The van der Waals surface area contributed by atoms with Gasteiger partial charge in [-0.1, -0.05) is 28.1 Å². The van der Waals surface area contributed by atoms with Crippen LogP contribution in [0.2, 0.25) is 0 Å². The van der Waals surface area contributed by atoms with E-state index in [1.54, 1.807) is 19.0 Å². The number of hydrogen-bond donors (Lipinski definition) is 1. The Hall–Kier alpha value is -1.07. The van der Waals surface area contributed by atoms with Crippen molar-refractivity contribution in [3.05, 3.63) is 34.3 Å². The van der Waals surface area contributed by atoms with Crippen molar-refractivity contribution in [1.29, 1.82) is 0 Å². The molecule has 0 unspecified atom stereocenters. The maximum atomic E-state index is 11.8. The molecule has 110 valence electrons. The normalized spacial score (nSPS) is 16.2. The van der Waals surface area contributed by atoms with Crippen molar-refractivity contribution in [3.8, 4) is 0 Å². The predicted molar refractivity (Wildman–Crippen MR) is 84.7 cm³/mol. The van der Waals surface area contributed by atoms with Crippen LogP contribution in [-0.4, -0.2) is 49.1 Å². The molecule has 1 aliphatic heterocycles. The van der Waals surface area contributed by atoms with Crippen LogP contribution in [0.25, 0.3) is 0 Å². The number of carbonyl (C=O) groups is 1. The zero-order chi connectivity index (χ0) is 14.5. The predicted octanol–water partition coefficient (Wildman–Crippen LogP) is 2.68. The Balaban J connectivity index is 1.74. The van der Waals surface area contributed by atoms with Crippen LogP contribution >= 0.6 is 15.9 Å². The number of urea groups is 1. The highest BCUT2D eigenvalue weighted by Gasteiger charge is 2.23. The van der Waals surface area contributed by atoms with Gasteiger partial charge in [0, 0.05) is 44.2 Å². The third kappa shape index (κ3) is 4.21. The summed E-state index contributed by atoms with van der Waals surface area (Å²) in [5, 5.41) is 3.58. The van der Waals surface area contributed by atoms with Crippen LogP contribution in [0.4, 0.5) is 4.79 Å². The molecule has 1 aromatic rings. The summed E-state index contributed by atoms with van der Waals surface area (Å²) in [5.74, 6) is 0.